The van der Waals surface area contributed by atoms with Crippen LogP contribution in [0.3, 0.4) is 0 Å². The molecular formula is C21H24ClN5O3S. The maximum Gasteiger partial charge on any atom is 0.228 e. The highest BCUT2D eigenvalue weighted by molar-refractivity contribution is 7.91. The highest BCUT2D eigenvalue weighted by Crippen LogP contribution is 2.27. The Balaban J connectivity index is 1.61. The monoisotopic (exact) mass is 461 g/mol. The number of nitrogens with zero attached hydrogens (tertiary/aromatic N) is 3. The van der Waals surface area contributed by atoms with Crippen molar-refractivity contribution < 1.29 is 13.2 Å². The smallest absolute Gasteiger partial charge is 0.228 e. The minimum Gasteiger partial charge on any atom is -0.326 e. The van der Waals surface area contributed by atoms with Crippen molar-refractivity contribution >= 4 is 43.9 Å². The van der Waals surface area contributed by atoms with Crippen molar-refractivity contribution in [2.45, 2.75) is 18.0 Å². The fraction of sp³-hybridized carbons (Fsp3) is 0.333. The number of nitrogens with one attached hydrogen (secondary N) is 2. The lowest BCUT2D eigenvalue weighted by Gasteiger charge is -2.26. The SMILES string of the molecule is CS(=O)(=O)c1cc(NC(=O)Cc2ccccc2Cl)cc2nn(CN3CCNCC3)cc12. The third-order valence-electron chi connectivity index (χ3n) is 5.18. The van der Waals surface area contributed by atoms with Crippen LogP contribution in [0.1, 0.15) is 5.56 Å². The Kier molecular flexibility index (Phi) is 6.29. The lowest BCUT2D eigenvalue weighted by atomic mass is 10.1. The summed E-state index contributed by atoms with van der Waals surface area (Å²) in [4.78, 5) is 14.9. The maximum absolute atomic E-state index is 12.5. The molecule has 164 valence electrons. The first-order chi connectivity index (χ1) is 14.8. The van der Waals surface area contributed by atoms with Crippen LogP contribution in [0.4, 0.5) is 5.69 Å². The second-order valence-electron chi connectivity index (χ2n) is 7.67. The van der Waals surface area contributed by atoms with E-state index in [2.05, 4.69) is 20.6 Å². The zero-order valence-corrected chi connectivity index (χ0v) is 18.7. The molecule has 1 saturated heterocycles. The van der Waals surface area contributed by atoms with Gasteiger partial charge in [-0.3, -0.25) is 14.4 Å². The molecule has 0 bridgehead atoms. The lowest BCUT2D eigenvalue weighted by molar-refractivity contribution is -0.115. The molecule has 1 amide bonds. The zero-order chi connectivity index (χ0) is 22.0. The van der Waals surface area contributed by atoms with E-state index in [0.29, 0.717) is 33.8 Å². The first kappa shape index (κ1) is 21.8. The summed E-state index contributed by atoms with van der Waals surface area (Å²) >= 11 is 6.14. The highest BCUT2D eigenvalue weighted by Gasteiger charge is 2.19. The van der Waals surface area contributed by atoms with E-state index < -0.39 is 9.84 Å². The summed E-state index contributed by atoms with van der Waals surface area (Å²) in [5.41, 5.74) is 1.61. The van der Waals surface area contributed by atoms with E-state index in [1.54, 1.807) is 35.1 Å². The first-order valence-electron chi connectivity index (χ1n) is 9.97. The second kappa shape index (κ2) is 8.96. The van der Waals surface area contributed by atoms with Crippen LogP contribution in [-0.2, 0) is 27.7 Å². The van der Waals surface area contributed by atoms with Gasteiger partial charge in [0.25, 0.3) is 0 Å². The van der Waals surface area contributed by atoms with Crippen molar-refractivity contribution in [2.75, 3.05) is 37.8 Å². The van der Waals surface area contributed by atoms with Gasteiger partial charge in [-0.15, -0.1) is 0 Å². The van der Waals surface area contributed by atoms with Gasteiger partial charge in [-0.05, 0) is 23.8 Å². The molecule has 1 aliphatic rings. The van der Waals surface area contributed by atoms with Crippen molar-refractivity contribution in [3.63, 3.8) is 0 Å². The molecule has 0 spiro atoms. The Labute approximate surface area is 186 Å². The van der Waals surface area contributed by atoms with Gasteiger partial charge in [0.05, 0.1) is 23.5 Å². The predicted octanol–water partition coefficient (Wildman–Crippen LogP) is 2.14. The van der Waals surface area contributed by atoms with Crippen LogP contribution in [-0.4, -0.2) is 61.4 Å². The normalized spacial score (nSPS) is 15.3. The van der Waals surface area contributed by atoms with Gasteiger partial charge in [-0.2, -0.15) is 5.10 Å². The Morgan fingerprint density at radius 3 is 2.68 bits per heavy atom. The summed E-state index contributed by atoms with van der Waals surface area (Å²) < 4.78 is 26.6. The molecule has 3 aromatic rings. The molecule has 0 radical (unpaired) electrons. The molecule has 1 fully saturated rings. The van der Waals surface area contributed by atoms with Gasteiger partial charge in [-0.1, -0.05) is 29.8 Å². The van der Waals surface area contributed by atoms with Gasteiger partial charge < -0.3 is 10.6 Å². The van der Waals surface area contributed by atoms with E-state index in [0.717, 1.165) is 32.4 Å². The number of piperazine rings is 1. The van der Waals surface area contributed by atoms with Crippen LogP contribution in [0.15, 0.2) is 47.5 Å². The first-order valence-corrected chi connectivity index (χ1v) is 12.2. The number of anilines is 1. The molecule has 10 heteroatoms. The topological polar surface area (TPSA) is 96.3 Å². The second-order valence-corrected chi connectivity index (χ2v) is 10.1. The number of benzene rings is 2. The van der Waals surface area contributed by atoms with Crippen LogP contribution in [0.5, 0.6) is 0 Å². The van der Waals surface area contributed by atoms with Crippen molar-refractivity contribution in [1.29, 1.82) is 0 Å². The third kappa shape index (κ3) is 5.24. The number of aromatic nitrogens is 2. The lowest BCUT2D eigenvalue weighted by Crippen LogP contribution is -2.44. The largest absolute Gasteiger partial charge is 0.326 e. The van der Waals surface area contributed by atoms with Gasteiger partial charge >= 0.3 is 0 Å². The van der Waals surface area contributed by atoms with E-state index in [1.807, 2.05) is 6.07 Å². The summed E-state index contributed by atoms with van der Waals surface area (Å²) in [6.45, 7) is 4.21. The number of amides is 1. The number of carbonyl (C=O) groups is 1. The van der Waals surface area contributed by atoms with Gasteiger partial charge in [0, 0.05) is 54.7 Å². The van der Waals surface area contributed by atoms with Gasteiger partial charge in [0.2, 0.25) is 5.91 Å². The Hall–Kier alpha value is -2.46. The summed E-state index contributed by atoms with van der Waals surface area (Å²) in [6, 6.07) is 10.3. The predicted molar refractivity (Wildman–Crippen MR) is 121 cm³/mol. The molecule has 8 nitrogen and oxygen atoms in total. The van der Waals surface area contributed by atoms with E-state index >= 15 is 0 Å². The average Bonchev–Trinajstić information content (AvgIpc) is 3.11. The van der Waals surface area contributed by atoms with Gasteiger partial charge in [0.1, 0.15) is 0 Å². The summed E-state index contributed by atoms with van der Waals surface area (Å²) in [7, 11) is -3.52. The van der Waals surface area contributed by atoms with Crippen LogP contribution < -0.4 is 10.6 Å². The van der Waals surface area contributed by atoms with Gasteiger partial charge in [0.15, 0.2) is 9.84 Å². The highest BCUT2D eigenvalue weighted by atomic mass is 35.5. The van der Waals surface area contributed by atoms with Crippen LogP contribution in [0.25, 0.3) is 10.9 Å². The van der Waals surface area contributed by atoms with E-state index in [4.69, 9.17) is 11.6 Å². The van der Waals surface area contributed by atoms with Gasteiger partial charge in [-0.25, -0.2) is 8.42 Å². The molecular weight excluding hydrogens is 438 g/mol. The number of hydrogen-bond acceptors (Lipinski definition) is 6. The number of halogens is 1. The quantitative estimate of drug-likeness (QED) is 0.583. The molecule has 1 aliphatic heterocycles. The summed E-state index contributed by atoms with van der Waals surface area (Å²) in [5.74, 6) is -0.285. The van der Waals surface area contributed by atoms with Crippen LogP contribution in [0.2, 0.25) is 5.02 Å². The summed E-state index contributed by atoms with van der Waals surface area (Å²) in [6.07, 6.45) is 3.00. The van der Waals surface area contributed by atoms with E-state index in [1.165, 1.54) is 6.07 Å². The van der Waals surface area contributed by atoms with Crippen molar-refractivity contribution in [3.05, 3.63) is 53.2 Å². The Morgan fingerprint density at radius 1 is 1.23 bits per heavy atom. The Morgan fingerprint density at radius 2 is 1.97 bits per heavy atom. The molecule has 31 heavy (non-hydrogen) atoms. The van der Waals surface area contributed by atoms with Crippen LogP contribution >= 0.6 is 11.6 Å². The molecule has 2 heterocycles. The molecule has 0 aliphatic carbocycles. The number of carbonyl (C=O) groups excluding carboxylic acids is 1. The van der Waals surface area contributed by atoms with Crippen molar-refractivity contribution in [1.82, 2.24) is 20.0 Å². The molecule has 2 N–H and O–H groups in total. The molecule has 0 atom stereocenters. The average molecular weight is 462 g/mol. The maximum atomic E-state index is 12.5. The number of sulfone groups is 1. The molecule has 0 unspecified atom stereocenters. The van der Waals surface area contributed by atoms with E-state index in [9.17, 15) is 13.2 Å². The minimum atomic E-state index is -3.52. The minimum absolute atomic E-state index is 0.0867. The number of hydrogen-bond donors (Lipinski definition) is 2. The fourth-order valence-corrected chi connectivity index (χ4v) is 4.77. The summed E-state index contributed by atoms with van der Waals surface area (Å²) in [5, 5.41) is 11.7. The van der Waals surface area contributed by atoms with Crippen molar-refractivity contribution in [3.8, 4) is 0 Å². The molecule has 2 aromatic carbocycles. The van der Waals surface area contributed by atoms with E-state index in [-0.39, 0.29) is 17.2 Å². The number of rotatable bonds is 6. The Bertz CT molecular complexity index is 1220. The third-order valence-corrected chi connectivity index (χ3v) is 6.69. The van der Waals surface area contributed by atoms with Crippen molar-refractivity contribution in [2.24, 2.45) is 0 Å². The zero-order valence-electron chi connectivity index (χ0n) is 17.1. The molecule has 1 aromatic heterocycles. The molecule has 4 rings (SSSR count). The van der Waals surface area contributed by atoms with Crippen LogP contribution in [0, 0.1) is 0 Å². The standard InChI is InChI=1S/C21H24ClN5O3S/c1-31(29,30)20-12-16(24-21(28)10-15-4-2-3-5-18(15)22)11-19-17(20)13-27(25-19)14-26-8-6-23-7-9-26/h2-5,11-13,23H,6-10,14H2,1H3,(H,24,28). The number of fused-ring (bicyclic) bond motifs is 1. The fourth-order valence-electron chi connectivity index (χ4n) is 3.67. The molecule has 0 saturated carbocycles.